The first-order valence-electron chi connectivity index (χ1n) is 8.35. The van der Waals surface area contributed by atoms with Crippen LogP contribution >= 0.6 is 0 Å². The molecule has 1 aliphatic heterocycles. The van der Waals surface area contributed by atoms with Crippen molar-refractivity contribution in [2.45, 2.75) is 6.42 Å². The third-order valence-corrected chi connectivity index (χ3v) is 4.34. The van der Waals surface area contributed by atoms with Crippen LogP contribution in [0, 0.1) is 21.8 Å². The molecule has 2 aromatic rings. The molecule has 3 rings (SSSR count). The molecule has 1 fully saturated rings. The van der Waals surface area contributed by atoms with Gasteiger partial charge in [0.1, 0.15) is 5.82 Å². The van der Waals surface area contributed by atoms with E-state index >= 15 is 0 Å². The smallest absolute Gasteiger partial charge is 0.311 e. The molecule has 0 N–H and O–H groups in total. The summed E-state index contributed by atoms with van der Waals surface area (Å²) in [4.78, 5) is 47.8. The number of halogens is 1. The molecule has 1 atom stereocenters. The van der Waals surface area contributed by atoms with Gasteiger partial charge in [0, 0.05) is 36.3 Å². The van der Waals surface area contributed by atoms with E-state index in [1.807, 2.05) is 0 Å². The SMILES string of the molecule is O=C(COC(=O)[C@H]1CC(=O)N(c2ccc(F)cc2)C1)c1ccc([N+](=O)[O-])cc1. The summed E-state index contributed by atoms with van der Waals surface area (Å²) in [7, 11) is 0. The normalized spacial score (nSPS) is 16.1. The van der Waals surface area contributed by atoms with Crippen molar-refractivity contribution in [3.05, 3.63) is 70.0 Å². The van der Waals surface area contributed by atoms with Crippen molar-refractivity contribution in [1.82, 2.24) is 0 Å². The highest BCUT2D eigenvalue weighted by Crippen LogP contribution is 2.26. The van der Waals surface area contributed by atoms with Crippen LogP contribution in [0.25, 0.3) is 0 Å². The van der Waals surface area contributed by atoms with Gasteiger partial charge < -0.3 is 9.64 Å². The molecule has 1 saturated heterocycles. The van der Waals surface area contributed by atoms with Gasteiger partial charge >= 0.3 is 5.97 Å². The standard InChI is InChI=1S/C19H15FN2O6/c20-14-3-7-15(8-4-14)21-10-13(9-18(21)24)19(25)28-11-17(23)12-1-5-16(6-2-12)22(26)27/h1-8,13H,9-11H2/t13-/m0/s1. The van der Waals surface area contributed by atoms with Crippen molar-refractivity contribution in [1.29, 1.82) is 0 Å². The highest BCUT2D eigenvalue weighted by atomic mass is 19.1. The Bertz CT molecular complexity index is 926. The minimum atomic E-state index is -0.734. The molecule has 9 heteroatoms. The lowest BCUT2D eigenvalue weighted by Crippen LogP contribution is -2.27. The van der Waals surface area contributed by atoms with E-state index in [9.17, 15) is 28.9 Å². The summed E-state index contributed by atoms with van der Waals surface area (Å²) in [6, 6.07) is 10.3. The fourth-order valence-corrected chi connectivity index (χ4v) is 2.84. The molecule has 144 valence electrons. The predicted molar refractivity (Wildman–Crippen MR) is 95.2 cm³/mol. The van der Waals surface area contributed by atoms with Gasteiger partial charge in [0.15, 0.2) is 12.4 Å². The van der Waals surface area contributed by atoms with Gasteiger partial charge in [-0.2, -0.15) is 0 Å². The average molecular weight is 386 g/mol. The quantitative estimate of drug-likeness (QED) is 0.327. The number of hydrogen-bond donors (Lipinski definition) is 0. The third-order valence-electron chi connectivity index (χ3n) is 4.34. The Kier molecular flexibility index (Phi) is 5.44. The van der Waals surface area contributed by atoms with Gasteiger partial charge in [-0.05, 0) is 36.4 Å². The van der Waals surface area contributed by atoms with Crippen LogP contribution in [0.2, 0.25) is 0 Å². The first kappa shape index (κ1) is 19.2. The fraction of sp³-hybridized carbons (Fsp3) is 0.211. The number of nitro benzene ring substituents is 1. The molecule has 8 nitrogen and oxygen atoms in total. The van der Waals surface area contributed by atoms with Gasteiger partial charge in [0.05, 0.1) is 10.8 Å². The van der Waals surface area contributed by atoms with Gasteiger partial charge in [-0.3, -0.25) is 24.5 Å². The fourth-order valence-electron chi connectivity index (χ4n) is 2.84. The van der Waals surface area contributed by atoms with Crippen molar-refractivity contribution in [3.63, 3.8) is 0 Å². The van der Waals surface area contributed by atoms with Crippen molar-refractivity contribution >= 4 is 29.0 Å². The summed E-state index contributed by atoms with van der Waals surface area (Å²) >= 11 is 0. The van der Waals surface area contributed by atoms with E-state index in [1.165, 1.54) is 53.4 Å². The second-order valence-electron chi connectivity index (χ2n) is 6.22. The summed E-state index contributed by atoms with van der Waals surface area (Å²) in [5.41, 5.74) is 0.497. The maximum Gasteiger partial charge on any atom is 0.311 e. The van der Waals surface area contributed by atoms with E-state index in [2.05, 4.69) is 0 Å². The lowest BCUT2D eigenvalue weighted by Gasteiger charge is -2.16. The number of benzene rings is 2. The predicted octanol–water partition coefficient (Wildman–Crippen LogP) is 2.51. The summed E-state index contributed by atoms with van der Waals surface area (Å²) in [5.74, 6) is -2.66. The number of amides is 1. The zero-order chi connectivity index (χ0) is 20.3. The number of nitrogens with zero attached hydrogens (tertiary/aromatic N) is 2. The van der Waals surface area contributed by atoms with Crippen molar-refractivity contribution < 1.29 is 28.4 Å². The number of ketones is 1. The molecule has 0 unspecified atom stereocenters. The molecule has 0 aliphatic carbocycles. The molecule has 1 amide bonds. The van der Waals surface area contributed by atoms with Gasteiger partial charge in [0.25, 0.3) is 5.69 Å². The highest BCUT2D eigenvalue weighted by Gasteiger charge is 2.36. The number of Topliss-reactive ketones (excluding diaryl/α,β-unsaturated/α-hetero) is 1. The Morgan fingerprint density at radius 1 is 1.14 bits per heavy atom. The molecule has 0 radical (unpaired) electrons. The van der Waals surface area contributed by atoms with Gasteiger partial charge in [-0.1, -0.05) is 0 Å². The van der Waals surface area contributed by atoms with E-state index in [0.717, 1.165) is 0 Å². The summed E-state index contributed by atoms with van der Waals surface area (Å²) < 4.78 is 18.0. The number of nitro groups is 1. The minimum Gasteiger partial charge on any atom is -0.457 e. The molecule has 1 heterocycles. The molecule has 0 spiro atoms. The van der Waals surface area contributed by atoms with Crippen LogP contribution in [0.4, 0.5) is 15.8 Å². The Morgan fingerprint density at radius 3 is 2.39 bits per heavy atom. The van der Waals surface area contributed by atoms with Gasteiger partial charge in [-0.15, -0.1) is 0 Å². The number of carbonyl (C=O) groups is 3. The first-order chi connectivity index (χ1) is 13.3. The number of non-ortho nitro benzene ring substituents is 1. The van der Waals surface area contributed by atoms with Crippen molar-refractivity contribution in [2.75, 3.05) is 18.1 Å². The Morgan fingerprint density at radius 2 is 1.79 bits per heavy atom. The minimum absolute atomic E-state index is 0.0675. The second kappa shape index (κ2) is 7.95. The summed E-state index contributed by atoms with van der Waals surface area (Å²) in [6.45, 7) is -0.451. The lowest BCUT2D eigenvalue weighted by atomic mass is 10.1. The van der Waals surface area contributed by atoms with Crippen molar-refractivity contribution in [3.8, 4) is 0 Å². The summed E-state index contributed by atoms with van der Waals surface area (Å²) in [6.07, 6.45) is -0.0675. The summed E-state index contributed by atoms with van der Waals surface area (Å²) in [5, 5.41) is 10.6. The maximum absolute atomic E-state index is 13.0. The lowest BCUT2D eigenvalue weighted by molar-refractivity contribution is -0.384. The van der Waals surface area contributed by atoms with Gasteiger partial charge in [0.2, 0.25) is 5.91 Å². The molecule has 28 heavy (non-hydrogen) atoms. The number of anilines is 1. The van der Waals surface area contributed by atoms with Crippen LogP contribution in [0.1, 0.15) is 16.8 Å². The van der Waals surface area contributed by atoms with Crippen LogP contribution in [-0.4, -0.2) is 35.7 Å². The van der Waals surface area contributed by atoms with Crippen LogP contribution in [0.3, 0.4) is 0 Å². The number of hydrogen-bond acceptors (Lipinski definition) is 6. The van der Waals surface area contributed by atoms with Crippen molar-refractivity contribution in [2.24, 2.45) is 5.92 Å². The Balaban J connectivity index is 1.56. The Hall–Kier alpha value is -3.62. The van der Waals surface area contributed by atoms with E-state index < -0.39 is 35.0 Å². The van der Waals surface area contributed by atoms with Crippen LogP contribution in [0.15, 0.2) is 48.5 Å². The van der Waals surface area contributed by atoms with E-state index in [4.69, 9.17) is 4.74 Å². The monoisotopic (exact) mass is 386 g/mol. The van der Waals surface area contributed by atoms with E-state index in [1.54, 1.807) is 0 Å². The van der Waals surface area contributed by atoms with E-state index in [-0.39, 0.29) is 30.1 Å². The molecular weight excluding hydrogens is 371 g/mol. The molecule has 2 aromatic carbocycles. The van der Waals surface area contributed by atoms with Crippen LogP contribution in [0.5, 0.6) is 0 Å². The second-order valence-corrected chi connectivity index (χ2v) is 6.22. The molecule has 0 bridgehead atoms. The largest absolute Gasteiger partial charge is 0.457 e. The van der Waals surface area contributed by atoms with Crippen LogP contribution < -0.4 is 4.90 Å². The average Bonchev–Trinajstić information content (AvgIpc) is 3.08. The number of carbonyl (C=O) groups excluding carboxylic acids is 3. The number of rotatable bonds is 6. The zero-order valence-electron chi connectivity index (χ0n) is 14.5. The Labute approximate surface area is 158 Å². The highest BCUT2D eigenvalue weighted by molar-refractivity contribution is 6.01. The molecular formula is C19H15FN2O6. The molecule has 0 saturated carbocycles. The van der Waals surface area contributed by atoms with Crippen LogP contribution in [-0.2, 0) is 14.3 Å². The maximum atomic E-state index is 13.0. The third kappa shape index (κ3) is 4.20. The number of esters is 1. The topological polar surface area (TPSA) is 107 Å². The first-order valence-corrected chi connectivity index (χ1v) is 8.35. The zero-order valence-corrected chi connectivity index (χ0v) is 14.5. The van der Waals surface area contributed by atoms with E-state index in [0.29, 0.717) is 5.69 Å². The molecule has 1 aliphatic rings. The van der Waals surface area contributed by atoms with Gasteiger partial charge in [-0.25, -0.2) is 4.39 Å². The molecule has 0 aromatic heterocycles. The number of ether oxygens (including phenoxy) is 1.